The summed E-state index contributed by atoms with van der Waals surface area (Å²) in [6, 6.07) is 0.128. The third-order valence-corrected chi connectivity index (χ3v) is 4.09. The molecule has 3 nitrogen and oxygen atoms in total. The topological polar surface area (TPSA) is 46.2 Å². The van der Waals surface area contributed by atoms with Gasteiger partial charge in [-0.05, 0) is 32.6 Å². The Balaban J connectivity index is 2.39. The fraction of sp³-hybridized carbons (Fsp3) is 1.00. The fourth-order valence-corrected chi connectivity index (χ4v) is 2.33. The van der Waals surface area contributed by atoms with Crippen LogP contribution in [0.25, 0.3) is 0 Å². The Morgan fingerprint density at radius 1 is 1.50 bits per heavy atom. The van der Waals surface area contributed by atoms with E-state index in [0.717, 1.165) is 0 Å². The molecule has 0 aromatic carbocycles. The molecule has 1 rings (SSSR count). The summed E-state index contributed by atoms with van der Waals surface area (Å²) >= 11 is 0. The van der Waals surface area contributed by atoms with Gasteiger partial charge in [-0.2, -0.15) is 0 Å². The van der Waals surface area contributed by atoms with E-state index in [2.05, 4.69) is 4.72 Å². The lowest BCUT2D eigenvalue weighted by Crippen LogP contribution is -2.41. The summed E-state index contributed by atoms with van der Waals surface area (Å²) in [5, 5.41) is 0. The third kappa shape index (κ3) is 2.45. The van der Waals surface area contributed by atoms with Crippen LogP contribution in [0.3, 0.4) is 0 Å². The molecule has 0 heterocycles. The Morgan fingerprint density at radius 3 is 2.42 bits per heavy atom. The first kappa shape index (κ1) is 9.99. The molecule has 0 bridgehead atoms. The summed E-state index contributed by atoms with van der Waals surface area (Å²) in [4.78, 5) is 0. The van der Waals surface area contributed by atoms with Gasteiger partial charge < -0.3 is 0 Å². The van der Waals surface area contributed by atoms with Gasteiger partial charge in [-0.15, -0.1) is 0 Å². The minimum atomic E-state index is -2.99. The van der Waals surface area contributed by atoms with Crippen LogP contribution in [0.15, 0.2) is 0 Å². The molecule has 1 aliphatic rings. The molecule has 0 amide bonds. The molecule has 1 saturated carbocycles. The standard InChI is InChI=1S/C8H17NO2S/c1-3-12(10,11)9-7(2)8-5-4-6-8/h7-9H,3-6H2,1-2H3. The number of nitrogens with one attached hydrogen (secondary N) is 1. The highest BCUT2D eigenvalue weighted by molar-refractivity contribution is 7.89. The van der Waals surface area contributed by atoms with Crippen LogP contribution in [-0.2, 0) is 10.0 Å². The van der Waals surface area contributed by atoms with Crippen LogP contribution in [0, 0.1) is 5.92 Å². The summed E-state index contributed by atoms with van der Waals surface area (Å²) in [6.45, 7) is 3.62. The molecule has 4 heteroatoms. The minimum Gasteiger partial charge on any atom is -0.212 e. The van der Waals surface area contributed by atoms with Gasteiger partial charge in [0.05, 0.1) is 5.75 Å². The highest BCUT2D eigenvalue weighted by atomic mass is 32.2. The lowest BCUT2D eigenvalue weighted by Gasteiger charge is -2.31. The van der Waals surface area contributed by atoms with Crippen molar-refractivity contribution in [2.45, 2.75) is 39.2 Å². The Hall–Kier alpha value is -0.0900. The van der Waals surface area contributed by atoms with Crippen LogP contribution in [0.2, 0.25) is 0 Å². The molecule has 1 atom stereocenters. The quantitative estimate of drug-likeness (QED) is 0.723. The predicted molar refractivity (Wildman–Crippen MR) is 49.4 cm³/mol. The summed E-state index contributed by atoms with van der Waals surface area (Å²) in [7, 11) is -2.99. The van der Waals surface area contributed by atoms with Crippen molar-refractivity contribution in [3.05, 3.63) is 0 Å². The van der Waals surface area contributed by atoms with Crippen molar-refractivity contribution in [3.63, 3.8) is 0 Å². The van der Waals surface area contributed by atoms with Crippen LogP contribution in [0.4, 0.5) is 0 Å². The van der Waals surface area contributed by atoms with E-state index in [1.807, 2.05) is 6.92 Å². The van der Waals surface area contributed by atoms with Gasteiger partial charge in [0.15, 0.2) is 0 Å². The second-order valence-corrected chi connectivity index (χ2v) is 5.54. The van der Waals surface area contributed by atoms with E-state index in [9.17, 15) is 8.42 Å². The number of sulfonamides is 1. The van der Waals surface area contributed by atoms with Crippen molar-refractivity contribution in [2.75, 3.05) is 5.75 Å². The van der Waals surface area contributed by atoms with Crippen LogP contribution in [0.5, 0.6) is 0 Å². The Morgan fingerprint density at radius 2 is 2.08 bits per heavy atom. The van der Waals surface area contributed by atoms with Crippen molar-refractivity contribution >= 4 is 10.0 Å². The van der Waals surface area contributed by atoms with Crippen LogP contribution < -0.4 is 4.72 Å². The molecule has 1 unspecified atom stereocenters. The molecule has 1 fully saturated rings. The average Bonchev–Trinajstić information content (AvgIpc) is 1.82. The van der Waals surface area contributed by atoms with Gasteiger partial charge in [0.25, 0.3) is 0 Å². The number of hydrogen-bond acceptors (Lipinski definition) is 2. The van der Waals surface area contributed by atoms with Crippen LogP contribution in [0.1, 0.15) is 33.1 Å². The van der Waals surface area contributed by atoms with Gasteiger partial charge in [0.1, 0.15) is 0 Å². The van der Waals surface area contributed by atoms with Crippen molar-refractivity contribution in [1.82, 2.24) is 4.72 Å². The summed E-state index contributed by atoms with van der Waals surface area (Å²) in [6.07, 6.45) is 3.60. The zero-order valence-electron chi connectivity index (χ0n) is 7.71. The van der Waals surface area contributed by atoms with E-state index in [1.165, 1.54) is 19.3 Å². The first-order valence-electron chi connectivity index (χ1n) is 4.55. The van der Waals surface area contributed by atoms with Crippen molar-refractivity contribution in [3.8, 4) is 0 Å². The van der Waals surface area contributed by atoms with E-state index in [-0.39, 0.29) is 11.8 Å². The average molecular weight is 191 g/mol. The molecule has 0 spiro atoms. The maximum Gasteiger partial charge on any atom is 0.211 e. The van der Waals surface area contributed by atoms with E-state index in [1.54, 1.807) is 6.92 Å². The lowest BCUT2D eigenvalue weighted by molar-refractivity contribution is 0.260. The first-order valence-corrected chi connectivity index (χ1v) is 6.20. The van der Waals surface area contributed by atoms with E-state index >= 15 is 0 Å². The molecular weight excluding hydrogens is 174 g/mol. The summed E-state index contributed by atoms with van der Waals surface area (Å²) < 4.78 is 25.0. The second-order valence-electron chi connectivity index (χ2n) is 3.50. The first-order chi connectivity index (χ1) is 5.55. The van der Waals surface area contributed by atoms with E-state index in [0.29, 0.717) is 5.92 Å². The Bertz CT molecular complexity index is 231. The van der Waals surface area contributed by atoms with Crippen molar-refractivity contribution in [2.24, 2.45) is 5.92 Å². The molecule has 0 aromatic heterocycles. The smallest absolute Gasteiger partial charge is 0.211 e. The zero-order chi connectivity index (χ0) is 9.19. The molecule has 72 valence electrons. The maximum absolute atomic E-state index is 11.1. The molecule has 0 radical (unpaired) electrons. The highest BCUT2D eigenvalue weighted by Crippen LogP contribution is 2.29. The summed E-state index contributed by atoms with van der Waals surface area (Å²) in [5.41, 5.74) is 0. The molecule has 1 N–H and O–H groups in total. The normalized spacial score (nSPS) is 21.8. The van der Waals surface area contributed by atoms with Gasteiger partial charge in [0, 0.05) is 6.04 Å². The molecule has 0 aliphatic heterocycles. The second kappa shape index (κ2) is 3.75. The summed E-state index contributed by atoms with van der Waals surface area (Å²) in [5.74, 6) is 0.760. The van der Waals surface area contributed by atoms with E-state index in [4.69, 9.17) is 0 Å². The third-order valence-electron chi connectivity index (χ3n) is 2.60. The number of rotatable bonds is 4. The SMILES string of the molecule is CCS(=O)(=O)NC(C)C1CCC1. The van der Waals surface area contributed by atoms with E-state index < -0.39 is 10.0 Å². The fourth-order valence-electron chi connectivity index (χ4n) is 1.40. The highest BCUT2D eigenvalue weighted by Gasteiger charge is 2.26. The molecule has 1 aliphatic carbocycles. The zero-order valence-corrected chi connectivity index (χ0v) is 8.52. The number of hydrogen-bond donors (Lipinski definition) is 1. The van der Waals surface area contributed by atoms with Gasteiger partial charge in [-0.1, -0.05) is 6.42 Å². The minimum absolute atomic E-state index is 0.128. The van der Waals surface area contributed by atoms with Gasteiger partial charge >= 0.3 is 0 Å². The molecular formula is C8H17NO2S. The van der Waals surface area contributed by atoms with Gasteiger partial charge in [0.2, 0.25) is 10.0 Å². The monoisotopic (exact) mass is 191 g/mol. The maximum atomic E-state index is 11.1. The lowest BCUT2D eigenvalue weighted by atomic mass is 9.81. The molecule has 12 heavy (non-hydrogen) atoms. The molecule has 0 aromatic rings. The Labute approximate surface area is 74.6 Å². The van der Waals surface area contributed by atoms with Crippen molar-refractivity contribution in [1.29, 1.82) is 0 Å². The molecule has 0 saturated heterocycles. The predicted octanol–water partition coefficient (Wildman–Crippen LogP) is 1.11. The Kier molecular flexibility index (Phi) is 3.12. The van der Waals surface area contributed by atoms with Crippen molar-refractivity contribution < 1.29 is 8.42 Å². The van der Waals surface area contributed by atoms with Crippen LogP contribution >= 0.6 is 0 Å². The van der Waals surface area contributed by atoms with Gasteiger partial charge in [-0.3, -0.25) is 0 Å². The van der Waals surface area contributed by atoms with Gasteiger partial charge in [-0.25, -0.2) is 13.1 Å². The van der Waals surface area contributed by atoms with Crippen LogP contribution in [-0.4, -0.2) is 20.2 Å². The largest absolute Gasteiger partial charge is 0.212 e.